The molecule has 2 N–H and O–H groups in total. The summed E-state index contributed by atoms with van der Waals surface area (Å²) in [4.78, 5) is 0. The van der Waals surface area contributed by atoms with E-state index in [1.54, 1.807) is 0 Å². The Balaban J connectivity index is 1.80. The lowest BCUT2D eigenvalue weighted by atomic mass is 9.96. The molecule has 1 nitrogen and oxygen atoms in total. The van der Waals surface area contributed by atoms with E-state index in [1.807, 2.05) is 6.07 Å². The van der Waals surface area contributed by atoms with Gasteiger partial charge in [-0.15, -0.1) is 0 Å². The van der Waals surface area contributed by atoms with Gasteiger partial charge >= 0.3 is 0 Å². The maximum atomic E-state index is 5.94. The van der Waals surface area contributed by atoms with Crippen LogP contribution in [0.15, 0.2) is 48.5 Å². The molecular weight excluding hydrogens is 278 g/mol. The van der Waals surface area contributed by atoms with Gasteiger partial charge in [0.1, 0.15) is 0 Å². The molecule has 0 aromatic heterocycles. The van der Waals surface area contributed by atoms with E-state index in [-0.39, 0.29) is 0 Å². The average molecular weight is 305 g/mol. The van der Waals surface area contributed by atoms with Gasteiger partial charge in [-0.1, -0.05) is 63.3 Å². The standard InChI is InChI=1S/C22H27N/c1-2-3-4-5-6-7-9-17-10-8-11-19-14-18-12-13-21(23)15-20(18)16-22(17)19/h8,10-16H,2-7,9,23H2,1H3. The molecule has 23 heavy (non-hydrogen) atoms. The summed E-state index contributed by atoms with van der Waals surface area (Å²) in [5.41, 5.74) is 8.26. The molecule has 0 aliphatic rings. The Morgan fingerprint density at radius 3 is 2.43 bits per heavy atom. The maximum Gasteiger partial charge on any atom is 0.0320 e. The van der Waals surface area contributed by atoms with E-state index in [9.17, 15) is 0 Å². The molecule has 0 heterocycles. The van der Waals surface area contributed by atoms with Crippen LogP contribution in [0, 0.1) is 0 Å². The predicted octanol–water partition coefficient (Wildman–Crippen LogP) is 6.48. The summed E-state index contributed by atoms with van der Waals surface area (Å²) in [6, 6.07) is 17.5. The molecule has 0 atom stereocenters. The third-order valence-electron chi connectivity index (χ3n) is 4.75. The molecule has 0 bridgehead atoms. The van der Waals surface area contributed by atoms with Crippen LogP contribution in [-0.2, 0) is 6.42 Å². The fourth-order valence-corrected chi connectivity index (χ4v) is 3.42. The van der Waals surface area contributed by atoms with E-state index in [2.05, 4.69) is 49.4 Å². The lowest BCUT2D eigenvalue weighted by molar-refractivity contribution is 0.608. The van der Waals surface area contributed by atoms with Crippen molar-refractivity contribution >= 4 is 27.2 Å². The molecule has 1 heteroatoms. The van der Waals surface area contributed by atoms with Gasteiger partial charge in [0.05, 0.1) is 0 Å². The molecule has 120 valence electrons. The Bertz CT molecular complexity index is 788. The van der Waals surface area contributed by atoms with Crippen molar-refractivity contribution in [1.82, 2.24) is 0 Å². The van der Waals surface area contributed by atoms with Crippen LogP contribution in [0.4, 0.5) is 5.69 Å². The van der Waals surface area contributed by atoms with Crippen LogP contribution in [0.25, 0.3) is 21.5 Å². The molecule has 0 spiro atoms. The molecule has 0 amide bonds. The van der Waals surface area contributed by atoms with Crippen molar-refractivity contribution in [3.05, 3.63) is 54.1 Å². The SMILES string of the molecule is CCCCCCCCc1cccc2cc3ccc(N)cc3cc12. The first-order valence-corrected chi connectivity index (χ1v) is 8.99. The fraction of sp³-hybridized carbons (Fsp3) is 0.364. The minimum Gasteiger partial charge on any atom is -0.399 e. The molecule has 0 unspecified atom stereocenters. The first kappa shape index (κ1) is 15.9. The highest BCUT2D eigenvalue weighted by Gasteiger charge is 2.04. The third kappa shape index (κ3) is 3.85. The number of aryl methyl sites for hydroxylation is 1. The Kier molecular flexibility index (Phi) is 5.17. The number of unbranched alkanes of at least 4 members (excludes halogenated alkanes) is 5. The van der Waals surface area contributed by atoms with E-state index in [1.165, 1.54) is 72.1 Å². The van der Waals surface area contributed by atoms with Crippen LogP contribution in [0.5, 0.6) is 0 Å². The van der Waals surface area contributed by atoms with Crippen molar-refractivity contribution in [2.24, 2.45) is 0 Å². The normalized spacial score (nSPS) is 11.3. The Hall–Kier alpha value is -2.02. The summed E-state index contributed by atoms with van der Waals surface area (Å²) in [5, 5.41) is 5.24. The number of anilines is 1. The summed E-state index contributed by atoms with van der Waals surface area (Å²) in [5.74, 6) is 0. The van der Waals surface area contributed by atoms with Crippen molar-refractivity contribution in [3.8, 4) is 0 Å². The van der Waals surface area contributed by atoms with Crippen LogP contribution in [0.1, 0.15) is 51.0 Å². The van der Waals surface area contributed by atoms with Crippen molar-refractivity contribution in [1.29, 1.82) is 0 Å². The number of fused-ring (bicyclic) bond motifs is 2. The Morgan fingerprint density at radius 2 is 1.57 bits per heavy atom. The Labute approximate surface area is 139 Å². The summed E-state index contributed by atoms with van der Waals surface area (Å²) < 4.78 is 0. The zero-order valence-corrected chi connectivity index (χ0v) is 14.1. The van der Waals surface area contributed by atoms with Crippen LogP contribution in [0.3, 0.4) is 0 Å². The Morgan fingerprint density at radius 1 is 0.739 bits per heavy atom. The van der Waals surface area contributed by atoms with Gasteiger partial charge < -0.3 is 5.73 Å². The van der Waals surface area contributed by atoms with Crippen molar-refractivity contribution < 1.29 is 0 Å². The molecule has 0 saturated carbocycles. The van der Waals surface area contributed by atoms with Crippen molar-refractivity contribution in [2.45, 2.75) is 51.9 Å². The summed E-state index contributed by atoms with van der Waals surface area (Å²) in [6.45, 7) is 2.27. The average Bonchev–Trinajstić information content (AvgIpc) is 2.56. The van der Waals surface area contributed by atoms with E-state index in [0.717, 1.165) is 5.69 Å². The molecular formula is C22H27N. The van der Waals surface area contributed by atoms with Crippen LogP contribution < -0.4 is 5.73 Å². The van der Waals surface area contributed by atoms with E-state index < -0.39 is 0 Å². The van der Waals surface area contributed by atoms with Gasteiger partial charge in [0.25, 0.3) is 0 Å². The van der Waals surface area contributed by atoms with E-state index in [4.69, 9.17) is 5.73 Å². The number of nitrogens with two attached hydrogens (primary N) is 1. The second kappa shape index (κ2) is 7.50. The van der Waals surface area contributed by atoms with Gasteiger partial charge in [0.2, 0.25) is 0 Å². The fourth-order valence-electron chi connectivity index (χ4n) is 3.42. The highest BCUT2D eigenvalue weighted by molar-refractivity contribution is 6.00. The summed E-state index contributed by atoms with van der Waals surface area (Å²) >= 11 is 0. The quantitative estimate of drug-likeness (QED) is 0.302. The van der Waals surface area contributed by atoms with Gasteiger partial charge in [0, 0.05) is 5.69 Å². The molecule has 3 rings (SSSR count). The molecule has 0 saturated heterocycles. The molecule has 0 aliphatic carbocycles. The van der Waals surface area contributed by atoms with Crippen LogP contribution in [0.2, 0.25) is 0 Å². The largest absolute Gasteiger partial charge is 0.399 e. The van der Waals surface area contributed by atoms with Crippen molar-refractivity contribution in [2.75, 3.05) is 5.73 Å². The van der Waals surface area contributed by atoms with E-state index in [0.29, 0.717) is 0 Å². The summed E-state index contributed by atoms with van der Waals surface area (Å²) in [6.07, 6.45) is 9.27. The molecule has 3 aromatic carbocycles. The first-order chi connectivity index (χ1) is 11.3. The molecule has 0 fully saturated rings. The highest BCUT2D eigenvalue weighted by atomic mass is 14.5. The smallest absolute Gasteiger partial charge is 0.0320 e. The van der Waals surface area contributed by atoms with Gasteiger partial charge in [-0.3, -0.25) is 0 Å². The number of hydrogen-bond donors (Lipinski definition) is 1. The zero-order chi connectivity index (χ0) is 16.1. The molecule has 0 aliphatic heterocycles. The predicted molar refractivity (Wildman–Crippen MR) is 103 cm³/mol. The lowest BCUT2D eigenvalue weighted by Crippen LogP contribution is -1.90. The second-order valence-electron chi connectivity index (χ2n) is 6.61. The van der Waals surface area contributed by atoms with Gasteiger partial charge in [-0.2, -0.15) is 0 Å². The first-order valence-electron chi connectivity index (χ1n) is 8.99. The zero-order valence-electron chi connectivity index (χ0n) is 14.1. The summed E-state index contributed by atoms with van der Waals surface area (Å²) in [7, 11) is 0. The highest BCUT2D eigenvalue weighted by Crippen LogP contribution is 2.27. The maximum absolute atomic E-state index is 5.94. The topological polar surface area (TPSA) is 26.0 Å². The van der Waals surface area contributed by atoms with Gasteiger partial charge in [-0.25, -0.2) is 0 Å². The third-order valence-corrected chi connectivity index (χ3v) is 4.75. The van der Waals surface area contributed by atoms with Crippen LogP contribution in [-0.4, -0.2) is 0 Å². The minimum atomic E-state index is 0.838. The van der Waals surface area contributed by atoms with Crippen LogP contribution >= 0.6 is 0 Å². The van der Waals surface area contributed by atoms with Crippen molar-refractivity contribution in [3.63, 3.8) is 0 Å². The monoisotopic (exact) mass is 305 g/mol. The second-order valence-corrected chi connectivity index (χ2v) is 6.61. The molecule has 3 aromatic rings. The number of hydrogen-bond acceptors (Lipinski definition) is 1. The lowest BCUT2D eigenvalue weighted by Gasteiger charge is -2.09. The minimum absolute atomic E-state index is 0.838. The van der Waals surface area contributed by atoms with Gasteiger partial charge in [-0.05, 0) is 64.2 Å². The van der Waals surface area contributed by atoms with Gasteiger partial charge in [0.15, 0.2) is 0 Å². The molecule has 0 radical (unpaired) electrons. The number of benzene rings is 3. The van der Waals surface area contributed by atoms with E-state index >= 15 is 0 Å². The number of nitrogen functional groups attached to an aromatic ring is 1. The number of rotatable bonds is 7.